The van der Waals surface area contributed by atoms with Gasteiger partial charge in [0.25, 0.3) is 5.89 Å². The molecule has 0 atom stereocenters. The van der Waals surface area contributed by atoms with Crippen molar-refractivity contribution in [3.05, 3.63) is 47.2 Å². The smallest absolute Gasteiger partial charge is 0.255 e. The van der Waals surface area contributed by atoms with E-state index in [0.29, 0.717) is 11.8 Å². The van der Waals surface area contributed by atoms with E-state index in [0.717, 1.165) is 16.3 Å². The Labute approximate surface area is 122 Å². The number of aryl methyl sites for hydroxylation is 1. The Morgan fingerprint density at radius 1 is 1.25 bits per heavy atom. The second-order valence-corrected chi connectivity index (χ2v) is 6.12. The number of hydrogen-bond donors (Lipinski definition) is 0. The molecule has 0 unspecified atom stereocenters. The summed E-state index contributed by atoms with van der Waals surface area (Å²) in [4.78, 5) is 10.2. The molecule has 102 valence electrons. The van der Waals surface area contributed by atoms with Gasteiger partial charge in [0.05, 0.1) is 11.9 Å². The van der Waals surface area contributed by atoms with Gasteiger partial charge in [-0.15, -0.1) is 11.3 Å². The molecule has 0 spiro atoms. The molecule has 0 aliphatic carbocycles. The molecule has 0 saturated carbocycles. The summed E-state index contributed by atoms with van der Waals surface area (Å²) in [5.41, 5.74) is 3.44. The van der Waals surface area contributed by atoms with E-state index >= 15 is 0 Å². The van der Waals surface area contributed by atoms with Crippen molar-refractivity contribution in [1.29, 1.82) is 0 Å². The molecule has 0 bridgehead atoms. The lowest BCUT2D eigenvalue weighted by atomic mass is 10.0. The first-order valence-corrected chi connectivity index (χ1v) is 7.44. The van der Waals surface area contributed by atoms with Crippen LogP contribution in [0.5, 0.6) is 0 Å². The largest absolute Gasteiger partial charge is 0.443 e. The van der Waals surface area contributed by atoms with Crippen molar-refractivity contribution in [2.75, 3.05) is 0 Å². The first-order valence-electron chi connectivity index (χ1n) is 6.63. The second kappa shape index (κ2) is 5.21. The molecule has 4 heteroatoms. The van der Waals surface area contributed by atoms with Crippen LogP contribution in [0, 0.1) is 6.92 Å². The third kappa shape index (κ3) is 2.39. The predicted octanol–water partition coefficient (Wildman–Crippen LogP) is 4.90. The number of aromatic nitrogens is 2. The summed E-state index contributed by atoms with van der Waals surface area (Å²) in [6.45, 7) is 6.47. The van der Waals surface area contributed by atoms with Crippen LogP contribution in [0.4, 0.5) is 0 Å². The molecule has 0 amide bonds. The van der Waals surface area contributed by atoms with Gasteiger partial charge in [0, 0.05) is 10.4 Å². The molecule has 0 saturated heterocycles. The molecule has 1 aromatic carbocycles. The maximum absolute atomic E-state index is 5.36. The number of hydrogen-bond acceptors (Lipinski definition) is 4. The van der Waals surface area contributed by atoms with Crippen molar-refractivity contribution in [3.63, 3.8) is 0 Å². The monoisotopic (exact) mass is 284 g/mol. The van der Waals surface area contributed by atoms with E-state index in [2.05, 4.69) is 50.0 Å². The van der Waals surface area contributed by atoms with Gasteiger partial charge in [-0.25, -0.2) is 9.97 Å². The van der Waals surface area contributed by atoms with Crippen LogP contribution in [-0.4, -0.2) is 9.97 Å². The van der Waals surface area contributed by atoms with Gasteiger partial charge in [-0.2, -0.15) is 0 Å². The van der Waals surface area contributed by atoms with E-state index in [9.17, 15) is 0 Å². The number of thiazole rings is 1. The SMILES string of the molecule is Cc1cccc(-c2nc(-c3ncco3)sc2C(C)C)c1. The molecule has 0 radical (unpaired) electrons. The molecular weight excluding hydrogens is 268 g/mol. The van der Waals surface area contributed by atoms with E-state index in [1.165, 1.54) is 10.4 Å². The van der Waals surface area contributed by atoms with E-state index in [4.69, 9.17) is 9.40 Å². The van der Waals surface area contributed by atoms with Crippen LogP contribution in [0.2, 0.25) is 0 Å². The summed E-state index contributed by atoms with van der Waals surface area (Å²) in [6, 6.07) is 8.44. The molecule has 3 rings (SSSR count). The highest BCUT2D eigenvalue weighted by Crippen LogP contribution is 2.37. The normalized spacial score (nSPS) is 11.2. The number of nitrogens with zero attached hydrogens (tertiary/aromatic N) is 2. The van der Waals surface area contributed by atoms with Crippen molar-refractivity contribution < 1.29 is 4.42 Å². The summed E-state index contributed by atoms with van der Waals surface area (Å²) in [5.74, 6) is 1.02. The Balaban J connectivity index is 2.14. The molecular formula is C16H16N2OS. The molecule has 3 aromatic rings. The zero-order valence-corrected chi connectivity index (χ0v) is 12.6. The Kier molecular flexibility index (Phi) is 3.40. The zero-order chi connectivity index (χ0) is 14.1. The minimum Gasteiger partial charge on any atom is -0.443 e. The van der Waals surface area contributed by atoms with Crippen LogP contribution < -0.4 is 0 Å². The van der Waals surface area contributed by atoms with Crippen molar-refractivity contribution in [2.24, 2.45) is 0 Å². The minimum atomic E-state index is 0.423. The van der Waals surface area contributed by atoms with E-state index in [1.54, 1.807) is 23.8 Å². The molecule has 2 heterocycles. The van der Waals surface area contributed by atoms with E-state index in [1.807, 2.05) is 0 Å². The van der Waals surface area contributed by atoms with Gasteiger partial charge in [-0.05, 0) is 18.9 Å². The topological polar surface area (TPSA) is 38.9 Å². The van der Waals surface area contributed by atoms with Gasteiger partial charge in [0.15, 0.2) is 5.01 Å². The quantitative estimate of drug-likeness (QED) is 0.687. The molecule has 0 aliphatic heterocycles. The lowest BCUT2D eigenvalue weighted by molar-refractivity contribution is 0.574. The van der Waals surface area contributed by atoms with Gasteiger partial charge in [-0.1, -0.05) is 37.6 Å². The zero-order valence-electron chi connectivity index (χ0n) is 11.8. The van der Waals surface area contributed by atoms with Gasteiger partial charge >= 0.3 is 0 Å². The van der Waals surface area contributed by atoms with Gasteiger partial charge in [0.1, 0.15) is 6.26 Å². The highest BCUT2D eigenvalue weighted by Gasteiger charge is 2.18. The fraction of sp³-hybridized carbons (Fsp3) is 0.250. The first kappa shape index (κ1) is 13.1. The van der Waals surface area contributed by atoms with Gasteiger partial charge in [0.2, 0.25) is 0 Å². The van der Waals surface area contributed by atoms with Crippen LogP contribution in [-0.2, 0) is 0 Å². The fourth-order valence-corrected chi connectivity index (χ4v) is 3.17. The predicted molar refractivity (Wildman–Crippen MR) is 81.9 cm³/mol. The molecule has 0 aliphatic rings. The van der Waals surface area contributed by atoms with Crippen LogP contribution >= 0.6 is 11.3 Å². The minimum absolute atomic E-state index is 0.423. The Bertz CT molecular complexity index is 714. The van der Waals surface area contributed by atoms with E-state index in [-0.39, 0.29) is 0 Å². The Morgan fingerprint density at radius 3 is 2.75 bits per heavy atom. The van der Waals surface area contributed by atoms with Gasteiger partial charge < -0.3 is 4.42 Å². The second-order valence-electron chi connectivity index (χ2n) is 5.09. The highest BCUT2D eigenvalue weighted by atomic mass is 32.1. The fourth-order valence-electron chi connectivity index (χ4n) is 2.14. The van der Waals surface area contributed by atoms with E-state index < -0.39 is 0 Å². The van der Waals surface area contributed by atoms with Crippen LogP contribution in [0.15, 0.2) is 41.1 Å². The van der Waals surface area contributed by atoms with Crippen molar-refractivity contribution in [3.8, 4) is 22.2 Å². The summed E-state index contributed by atoms with van der Waals surface area (Å²) < 4.78 is 5.36. The molecule has 2 aromatic heterocycles. The first-order chi connectivity index (χ1) is 9.65. The van der Waals surface area contributed by atoms with Crippen molar-refractivity contribution in [1.82, 2.24) is 9.97 Å². The van der Waals surface area contributed by atoms with Gasteiger partial charge in [-0.3, -0.25) is 0 Å². The Hall–Kier alpha value is -1.94. The molecule has 20 heavy (non-hydrogen) atoms. The molecule has 0 fully saturated rings. The highest BCUT2D eigenvalue weighted by molar-refractivity contribution is 7.15. The summed E-state index contributed by atoms with van der Waals surface area (Å²) in [6.07, 6.45) is 3.23. The van der Waals surface area contributed by atoms with Crippen molar-refractivity contribution in [2.45, 2.75) is 26.7 Å². The maximum Gasteiger partial charge on any atom is 0.255 e. The summed E-state index contributed by atoms with van der Waals surface area (Å²) >= 11 is 1.66. The average Bonchev–Trinajstić information content (AvgIpc) is 3.08. The van der Waals surface area contributed by atoms with Crippen LogP contribution in [0.25, 0.3) is 22.2 Å². The molecule has 0 N–H and O–H groups in total. The average molecular weight is 284 g/mol. The maximum atomic E-state index is 5.36. The number of rotatable bonds is 3. The summed E-state index contributed by atoms with van der Waals surface area (Å²) in [5, 5.41) is 0.843. The number of oxazole rings is 1. The van der Waals surface area contributed by atoms with Crippen LogP contribution in [0.1, 0.15) is 30.2 Å². The van der Waals surface area contributed by atoms with Crippen molar-refractivity contribution >= 4 is 11.3 Å². The third-order valence-electron chi connectivity index (χ3n) is 3.08. The standard InChI is InChI=1S/C16H16N2OS/c1-10(2)14-13(12-6-4-5-11(3)9-12)18-16(20-14)15-17-7-8-19-15/h4-10H,1-3H3. The number of benzene rings is 1. The Morgan fingerprint density at radius 2 is 2.10 bits per heavy atom. The lowest BCUT2D eigenvalue weighted by Crippen LogP contribution is -1.88. The third-order valence-corrected chi connectivity index (χ3v) is 4.43. The summed E-state index contributed by atoms with van der Waals surface area (Å²) in [7, 11) is 0. The lowest BCUT2D eigenvalue weighted by Gasteiger charge is -2.05. The molecule has 3 nitrogen and oxygen atoms in total. The van der Waals surface area contributed by atoms with Crippen LogP contribution in [0.3, 0.4) is 0 Å².